The van der Waals surface area contributed by atoms with Crippen LogP contribution in [0.3, 0.4) is 0 Å². The predicted octanol–water partition coefficient (Wildman–Crippen LogP) is 1.73. The number of fused-ring (bicyclic) bond motifs is 4. The van der Waals surface area contributed by atoms with Gasteiger partial charge < -0.3 is 60.2 Å². The lowest BCUT2D eigenvalue weighted by Gasteiger charge is -2.34. The molecule has 0 bridgehead atoms. The molecule has 0 amide bonds. The van der Waals surface area contributed by atoms with E-state index in [1.165, 1.54) is 0 Å². The van der Waals surface area contributed by atoms with Gasteiger partial charge in [0.15, 0.2) is 63.5 Å². The maximum atomic E-state index is 12.2. The van der Waals surface area contributed by atoms with Crippen LogP contribution in [0, 0.1) is 6.92 Å². The zero-order valence-corrected chi connectivity index (χ0v) is 63.6. The molecule has 6 saturated heterocycles. The molecule has 6 aliphatic rings. The number of phenolic OH excluding ortho intramolecular Hbond substituents is 2. The van der Waals surface area contributed by atoms with Crippen molar-refractivity contribution in [2.24, 2.45) is 0 Å². The minimum Gasteiger partial charge on any atom is -0.508 e. The van der Waals surface area contributed by atoms with Crippen molar-refractivity contribution >= 4 is 88.9 Å². The Hall–Kier alpha value is -11.1. The quantitative estimate of drug-likeness (QED) is 0.113. The highest BCUT2D eigenvalue weighted by molar-refractivity contribution is 7.97. The van der Waals surface area contributed by atoms with Crippen molar-refractivity contribution in [3.05, 3.63) is 122 Å². The molecule has 2 unspecified atom stereocenters. The molecule has 111 heavy (non-hydrogen) atoms. The average Bonchev–Trinajstić information content (AvgIpc) is 1.67. The van der Waals surface area contributed by atoms with Gasteiger partial charge in [0.25, 0.3) is 0 Å². The van der Waals surface area contributed by atoms with Crippen molar-refractivity contribution in [1.29, 1.82) is 0 Å². The van der Waals surface area contributed by atoms with Gasteiger partial charge in [0.05, 0.1) is 88.1 Å². The molecule has 10 aromatic heterocycles. The van der Waals surface area contributed by atoms with E-state index in [2.05, 4.69) is 101 Å². The fourth-order valence-electron chi connectivity index (χ4n) is 13.5. The number of rotatable bonds is 14. The Bertz CT molecular complexity index is 5430. The molecule has 0 aliphatic carbocycles. The van der Waals surface area contributed by atoms with E-state index in [0.29, 0.717) is 144 Å². The van der Waals surface area contributed by atoms with Crippen molar-refractivity contribution in [2.75, 3.05) is 201 Å². The summed E-state index contributed by atoms with van der Waals surface area (Å²) < 4.78 is 57.5. The summed E-state index contributed by atoms with van der Waals surface area (Å²) in [4.78, 5) is 62.4. The molecule has 2 atom stereocenters. The Balaban J connectivity index is 0.000000119. The first-order valence-corrected chi connectivity index (χ1v) is 40.6. The largest absolute Gasteiger partial charge is 0.508 e. The zero-order valence-electron chi connectivity index (χ0n) is 62.0. The summed E-state index contributed by atoms with van der Waals surface area (Å²) in [6.07, 6.45) is 19.1. The van der Waals surface area contributed by atoms with Crippen LogP contribution in [-0.4, -0.2) is 317 Å². The second-order valence-electron chi connectivity index (χ2n) is 27.4. The van der Waals surface area contributed by atoms with E-state index in [9.17, 15) is 18.6 Å². The summed E-state index contributed by atoms with van der Waals surface area (Å²) in [5.41, 5.74) is 19.9. The summed E-state index contributed by atoms with van der Waals surface area (Å²) in [6, 6.07) is 14.1. The van der Waals surface area contributed by atoms with E-state index in [1.807, 2.05) is 52.3 Å². The maximum Gasteiger partial charge on any atom is 0.220 e. The first-order valence-electron chi connectivity index (χ1n) is 36.4. The molecule has 12 aromatic rings. The molecule has 6 N–H and O–H groups in total. The monoisotopic (exact) mass is 1550 g/mol. The number of nitrogens with zero attached hydrogens (tertiary/aromatic N) is 28. The Morgan fingerprint density at radius 1 is 0.459 bits per heavy atom. The third-order valence-corrected chi connectivity index (χ3v) is 22.3. The highest BCUT2D eigenvalue weighted by Crippen LogP contribution is 2.31. The SMILES string of the molecule is C=S(C)(=O)N1CCN(Cc2cn3nc(-c4cnc(N)nc4)nc(N4CCOCC4)c3n2)CC1.C=S(C)(=O)N1CCN(Cc2nnc3c(N4CCOCC4)nc(-c4cnc(N)nc4)nn23)CC1.Cc1cnc2c(N3CCOCC3)nc(-c3cccc(O)c3)cn12.Oc1cccc(-c2nc(N3CCOCC3)c3nccn3n2)c1. The van der Waals surface area contributed by atoms with Gasteiger partial charge in [-0.15, -0.1) is 25.5 Å². The summed E-state index contributed by atoms with van der Waals surface area (Å²) in [6.45, 7) is 20.6. The predicted molar refractivity (Wildman–Crippen MR) is 421 cm³/mol. The lowest BCUT2D eigenvalue weighted by atomic mass is 10.1. The molecule has 38 nitrogen and oxygen atoms in total. The van der Waals surface area contributed by atoms with Crippen LogP contribution in [-0.2, 0) is 51.5 Å². The first-order chi connectivity index (χ1) is 53.8. The number of hydrogen-bond donors (Lipinski definition) is 4. The number of aromatic nitrogens is 20. The van der Waals surface area contributed by atoms with Crippen LogP contribution < -0.4 is 31.1 Å². The van der Waals surface area contributed by atoms with Crippen LogP contribution in [0.5, 0.6) is 11.5 Å². The Kier molecular flexibility index (Phi) is 22.6. The van der Waals surface area contributed by atoms with E-state index in [0.717, 1.165) is 135 Å². The molecule has 2 aromatic carbocycles. The molecule has 18 rings (SSSR count). The number of hydrogen-bond acceptors (Lipinski definition) is 32. The number of imidazole rings is 3. The van der Waals surface area contributed by atoms with Crippen LogP contribution >= 0.6 is 0 Å². The number of aromatic hydroxyl groups is 2. The topological polar surface area (TPSA) is 413 Å². The summed E-state index contributed by atoms with van der Waals surface area (Å²) in [7, 11) is -4.35. The minimum absolute atomic E-state index is 0.190. The molecule has 0 saturated carbocycles. The molecule has 0 spiro atoms. The van der Waals surface area contributed by atoms with Crippen LogP contribution in [0.25, 0.3) is 68.0 Å². The molecular formula is C71H88N30O8S2. The van der Waals surface area contributed by atoms with E-state index < -0.39 is 19.4 Å². The van der Waals surface area contributed by atoms with E-state index >= 15 is 0 Å². The standard InChI is InChI=1S/C20H28N10O2S.C19H27N11O2S.C17H18N4O2.C15H15N5O2/c1-33(2,31)29-5-3-27(4-6-29)13-16-14-30-19(24-16)18(28-7-9-32-10-8-28)25-17(26-30)15-11-22-20(21)23-12-15;1-33(2,31)29-5-3-27(4-6-29)13-15-24-25-18-17(28-7-9-32-10-8-28)23-16(26-30(15)18)14-11-21-19(20)22-12-14;1-12-10-18-16-17(20-5-7-23-8-6-20)19-15(11-21(12)16)13-3-2-4-14(22)9-13;21-12-3-1-2-11(10-12)13-17-15(19-6-8-22-9-7-19)14-16-4-5-20(14)18-13/h11-12,14H,1,3-10,13H2,2H3,(H2,21,22,23);11-12H,1,3-10,13H2,2H3,(H2,20,21,22);2-4,9-11,22H,5-8H2,1H3;1-5,10,21H,6-9H2. The number of benzene rings is 2. The molecule has 582 valence electrons. The highest BCUT2D eigenvalue weighted by atomic mass is 32.2. The van der Waals surface area contributed by atoms with Gasteiger partial charge in [-0.2, -0.15) is 4.52 Å². The molecule has 6 fully saturated rings. The number of nitrogens with two attached hydrogens (primary N) is 2. The number of nitrogen functional groups attached to an aromatic ring is 2. The molecule has 40 heteroatoms. The summed E-state index contributed by atoms with van der Waals surface area (Å²) >= 11 is 0. The number of piperazine rings is 2. The fraction of sp³-hybridized carbons (Fsp3) is 0.408. The third-order valence-electron chi connectivity index (χ3n) is 19.4. The number of aryl methyl sites for hydroxylation is 1. The normalized spacial score (nSPS) is 18.2. The van der Waals surface area contributed by atoms with Gasteiger partial charge in [0.1, 0.15) is 11.5 Å². The lowest BCUT2D eigenvalue weighted by molar-refractivity contribution is 0.122. The minimum atomic E-state index is -2.19. The van der Waals surface area contributed by atoms with E-state index in [-0.39, 0.29) is 23.4 Å². The van der Waals surface area contributed by atoms with Gasteiger partial charge in [0.2, 0.25) is 17.5 Å². The number of morpholine rings is 4. The van der Waals surface area contributed by atoms with Gasteiger partial charge in [-0.1, -0.05) is 24.3 Å². The van der Waals surface area contributed by atoms with Gasteiger partial charge in [-0.3, -0.25) is 22.6 Å². The van der Waals surface area contributed by atoms with E-state index in [1.54, 1.807) is 93.6 Å². The fourth-order valence-corrected chi connectivity index (χ4v) is 15.3. The maximum absolute atomic E-state index is 12.2. The highest BCUT2D eigenvalue weighted by Gasteiger charge is 2.29. The first kappa shape index (κ1) is 75.3. The van der Waals surface area contributed by atoms with Gasteiger partial charge >= 0.3 is 0 Å². The number of anilines is 6. The number of phenols is 2. The Morgan fingerprint density at radius 3 is 1.42 bits per heavy atom. The van der Waals surface area contributed by atoms with Crippen LogP contribution in [0.4, 0.5) is 35.2 Å². The summed E-state index contributed by atoms with van der Waals surface area (Å²) in [5, 5.41) is 42.1. The van der Waals surface area contributed by atoms with Crippen LogP contribution in [0.1, 0.15) is 17.2 Å². The molecule has 16 heterocycles. The van der Waals surface area contributed by atoms with E-state index in [4.69, 9.17) is 55.4 Å². The second-order valence-corrected chi connectivity index (χ2v) is 32.2. The van der Waals surface area contributed by atoms with Gasteiger partial charge in [0, 0.05) is 210 Å². The average molecular weight is 1550 g/mol. The van der Waals surface area contributed by atoms with Crippen molar-refractivity contribution in [3.8, 4) is 56.9 Å². The second kappa shape index (κ2) is 33.2. The molecule has 0 radical (unpaired) electrons. The Labute approximate surface area is 639 Å². The van der Waals surface area contributed by atoms with Gasteiger partial charge in [-0.05, 0) is 42.9 Å². The van der Waals surface area contributed by atoms with Gasteiger partial charge in [-0.25, -0.2) is 72.5 Å². The van der Waals surface area contributed by atoms with Crippen molar-refractivity contribution in [3.63, 3.8) is 0 Å². The third kappa shape index (κ3) is 17.7. The number of ether oxygens (including phenoxy) is 4. The van der Waals surface area contributed by atoms with Crippen molar-refractivity contribution in [1.82, 2.24) is 117 Å². The summed E-state index contributed by atoms with van der Waals surface area (Å²) in [5.74, 6) is 13.8. The molecule has 6 aliphatic heterocycles. The molecular weight excluding hydrogens is 1470 g/mol. The van der Waals surface area contributed by atoms with Crippen molar-refractivity contribution < 1.29 is 37.6 Å². The zero-order chi connectivity index (χ0) is 76.8. The van der Waals surface area contributed by atoms with Crippen molar-refractivity contribution in [2.45, 2.75) is 20.0 Å². The van der Waals surface area contributed by atoms with Crippen LogP contribution in [0.2, 0.25) is 0 Å². The van der Waals surface area contributed by atoms with Crippen LogP contribution in [0.15, 0.2) is 104 Å². The Morgan fingerprint density at radius 2 is 0.910 bits per heavy atom. The smallest absolute Gasteiger partial charge is 0.220 e. The lowest BCUT2D eigenvalue weighted by Crippen LogP contribution is -2.48.